The van der Waals surface area contributed by atoms with Crippen LogP contribution in [0.5, 0.6) is 0 Å². The fourth-order valence-corrected chi connectivity index (χ4v) is 3.38. The molecule has 1 aliphatic heterocycles. The minimum absolute atomic E-state index is 0.552. The Balaban J connectivity index is 1.92. The summed E-state index contributed by atoms with van der Waals surface area (Å²) in [6, 6.07) is 7.43. The summed E-state index contributed by atoms with van der Waals surface area (Å²) in [7, 11) is 0. The van der Waals surface area contributed by atoms with E-state index in [1.54, 1.807) is 0 Å². The van der Waals surface area contributed by atoms with Crippen molar-refractivity contribution in [2.45, 2.75) is 46.6 Å². The summed E-state index contributed by atoms with van der Waals surface area (Å²) in [6.45, 7) is 13.8. The molecule has 1 atom stereocenters. The summed E-state index contributed by atoms with van der Waals surface area (Å²) in [4.78, 5) is 2.65. The molecule has 0 saturated carbocycles. The molecule has 1 unspecified atom stereocenters. The fraction of sp³-hybridized carbons (Fsp3) is 0.667. The van der Waals surface area contributed by atoms with E-state index < -0.39 is 0 Å². The van der Waals surface area contributed by atoms with E-state index >= 15 is 0 Å². The van der Waals surface area contributed by atoms with Gasteiger partial charge in [0.2, 0.25) is 0 Å². The minimum atomic E-state index is 0.552. The Hall–Kier alpha value is -0.860. The average Bonchev–Trinajstić information content (AvgIpc) is 2.45. The third kappa shape index (κ3) is 3.83. The van der Waals surface area contributed by atoms with E-state index in [2.05, 4.69) is 56.1 Å². The second kappa shape index (κ2) is 7.24. The first-order chi connectivity index (χ1) is 9.61. The summed E-state index contributed by atoms with van der Waals surface area (Å²) < 4.78 is 0. The van der Waals surface area contributed by atoms with Crippen molar-refractivity contribution in [2.75, 3.05) is 26.2 Å². The second-order valence-electron chi connectivity index (χ2n) is 6.32. The first-order valence-electron chi connectivity index (χ1n) is 8.13. The van der Waals surface area contributed by atoms with Gasteiger partial charge in [-0.05, 0) is 76.8 Å². The number of nitrogens with zero attached hydrogens (tertiary/aromatic N) is 1. The van der Waals surface area contributed by atoms with Crippen LogP contribution in [0, 0.1) is 19.8 Å². The van der Waals surface area contributed by atoms with Gasteiger partial charge in [0, 0.05) is 6.04 Å². The highest BCUT2D eigenvalue weighted by Crippen LogP contribution is 2.28. The van der Waals surface area contributed by atoms with Gasteiger partial charge in [0.1, 0.15) is 0 Å². The quantitative estimate of drug-likeness (QED) is 0.881. The summed E-state index contributed by atoms with van der Waals surface area (Å²) in [5.74, 6) is 0.873. The van der Waals surface area contributed by atoms with E-state index in [1.807, 2.05) is 0 Å². The van der Waals surface area contributed by atoms with Crippen molar-refractivity contribution in [1.29, 1.82) is 0 Å². The maximum Gasteiger partial charge on any atom is 0.0322 e. The van der Waals surface area contributed by atoms with Gasteiger partial charge in [0.05, 0.1) is 0 Å². The van der Waals surface area contributed by atoms with Crippen LogP contribution in [-0.2, 0) is 0 Å². The third-order valence-electron chi connectivity index (χ3n) is 4.76. The van der Waals surface area contributed by atoms with Crippen molar-refractivity contribution in [3.05, 3.63) is 34.9 Å². The molecule has 0 aromatic heterocycles. The molecule has 112 valence electrons. The Kier molecular flexibility index (Phi) is 5.62. The van der Waals surface area contributed by atoms with Crippen LogP contribution in [-0.4, -0.2) is 31.1 Å². The zero-order valence-electron chi connectivity index (χ0n) is 13.6. The van der Waals surface area contributed by atoms with Crippen LogP contribution in [0.25, 0.3) is 0 Å². The Morgan fingerprint density at radius 3 is 2.55 bits per heavy atom. The summed E-state index contributed by atoms with van der Waals surface area (Å²) in [5.41, 5.74) is 4.30. The number of benzene rings is 1. The lowest BCUT2D eigenvalue weighted by atomic mass is 9.93. The fourth-order valence-electron chi connectivity index (χ4n) is 3.38. The van der Waals surface area contributed by atoms with Gasteiger partial charge in [0.25, 0.3) is 0 Å². The Morgan fingerprint density at radius 2 is 1.95 bits per heavy atom. The standard InChI is InChI=1S/C18H30N2/c1-5-19-13-17-8-10-20(11-9-17)16(4)18-7-6-14(2)12-15(18)3/h6-7,12,16-17,19H,5,8-11,13H2,1-4H3. The predicted octanol–water partition coefficient (Wildman–Crippen LogP) is 3.69. The Morgan fingerprint density at radius 1 is 1.25 bits per heavy atom. The van der Waals surface area contributed by atoms with Crippen LogP contribution in [0.3, 0.4) is 0 Å². The summed E-state index contributed by atoms with van der Waals surface area (Å²) >= 11 is 0. The van der Waals surface area contributed by atoms with Gasteiger partial charge in [-0.1, -0.05) is 30.7 Å². The molecule has 0 spiro atoms. The molecular formula is C18H30N2. The van der Waals surface area contributed by atoms with Crippen LogP contribution < -0.4 is 5.32 Å². The SMILES string of the molecule is CCNCC1CCN(C(C)c2ccc(C)cc2C)CC1. The first kappa shape index (κ1) is 15.5. The molecule has 0 aliphatic carbocycles. The van der Waals surface area contributed by atoms with E-state index in [4.69, 9.17) is 0 Å². The molecule has 2 rings (SSSR count). The van der Waals surface area contributed by atoms with E-state index in [-0.39, 0.29) is 0 Å². The minimum Gasteiger partial charge on any atom is -0.317 e. The third-order valence-corrected chi connectivity index (χ3v) is 4.76. The van der Waals surface area contributed by atoms with Crippen LogP contribution in [0.1, 0.15) is 49.4 Å². The molecule has 1 fully saturated rings. The molecule has 0 bridgehead atoms. The number of aryl methyl sites for hydroxylation is 2. The zero-order valence-corrected chi connectivity index (χ0v) is 13.6. The van der Waals surface area contributed by atoms with Gasteiger partial charge in [-0.3, -0.25) is 4.90 Å². The molecule has 1 aliphatic rings. The molecule has 1 aromatic carbocycles. The van der Waals surface area contributed by atoms with Crippen molar-refractivity contribution in [3.8, 4) is 0 Å². The molecule has 1 N–H and O–H groups in total. The number of nitrogens with one attached hydrogen (secondary N) is 1. The number of rotatable bonds is 5. The average molecular weight is 274 g/mol. The largest absolute Gasteiger partial charge is 0.317 e. The smallest absolute Gasteiger partial charge is 0.0322 e. The van der Waals surface area contributed by atoms with E-state index in [1.165, 1.54) is 49.2 Å². The van der Waals surface area contributed by atoms with Crippen LogP contribution in [0.4, 0.5) is 0 Å². The van der Waals surface area contributed by atoms with E-state index in [0.29, 0.717) is 6.04 Å². The lowest BCUT2D eigenvalue weighted by Crippen LogP contribution is -2.38. The van der Waals surface area contributed by atoms with Gasteiger partial charge in [-0.15, -0.1) is 0 Å². The van der Waals surface area contributed by atoms with E-state index in [9.17, 15) is 0 Å². The van der Waals surface area contributed by atoms with Gasteiger partial charge in [-0.25, -0.2) is 0 Å². The van der Waals surface area contributed by atoms with Gasteiger partial charge < -0.3 is 5.32 Å². The number of likely N-dealkylation sites (tertiary alicyclic amines) is 1. The molecule has 1 heterocycles. The van der Waals surface area contributed by atoms with Crippen LogP contribution in [0.15, 0.2) is 18.2 Å². The van der Waals surface area contributed by atoms with E-state index in [0.717, 1.165) is 12.5 Å². The summed E-state index contributed by atoms with van der Waals surface area (Å²) in [5, 5.41) is 3.49. The molecule has 20 heavy (non-hydrogen) atoms. The Bertz CT molecular complexity index is 419. The summed E-state index contributed by atoms with van der Waals surface area (Å²) in [6.07, 6.45) is 2.67. The van der Waals surface area contributed by atoms with Gasteiger partial charge >= 0.3 is 0 Å². The maximum absolute atomic E-state index is 3.49. The molecule has 0 radical (unpaired) electrons. The number of hydrogen-bond acceptors (Lipinski definition) is 2. The normalized spacial score (nSPS) is 19.2. The molecule has 0 amide bonds. The van der Waals surface area contributed by atoms with Crippen molar-refractivity contribution >= 4 is 0 Å². The van der Waals surface area contributed by atoms with Crippen LogP contribution >= 0.6 is 0 Å². The van der Waals surface area contributed by atoms with Crippen molar-refractivity contribution < 1.29 is 0 Å². The number of piperidine rings is 1. The van der Waals surface area contributed by atoms with Crippen LogP contribution in [0.2, 0.25) is 0 Å². The predicted molar refractivity (Wildman–Crippen MR) is 87.2 cm³/mol. The zero-order chi connectivity index (χ0) is 14.5. The van der Waals surface area contributed by atoms with Crippen molar-refractivity contribution in [1.82, 2.24) is 10.2 Å². The van der Waals surface area contributed by atoms with Gasteiger partial charge in [-0.2, -0.15) is 0 Å². The second-order valence-corrected chi connectivity index (χ2v) is 6.32. The highest BCUT2D eigenvalue weighted by atomic mass is 15.2. The number of hydrogen-bond donors (Lipinski definition) is 1. The van der Waals surface area contributed by atoms with Crippen molar-refractivity contribution in [3.63, 3.8) is 0 Å². The molecule has 1 saturated heterocycles. The molecule has 2 heteroatoms. The maximum atomic E-state index is 3.49. The highest BCUT2D eigenvalue weighted by Gasteiger charge is 2.23. The molecule has 1 aromatic rings. The highest BCUT2D eigenvalue weighted by molar-refractivity contribution is 5.32. The van der Waals surface area contributed by atoms with Gasteiger partial charge in [0.15, 0.2) is 0 Å². The van der Waals surface area contributed by atoms with Crippen molar-refractivity contribution in [2.24, 2.45) is 5.92 Å². The molecule has 2 nitrogen and oxygen atoms in total. The topological polar surface area (TPSA) is 15.3 Å². The lowest BCUT2D eigenvalue weighted by molar-refractivity contribution is 0.140. The first-order valence-corrected chi connectivity index (χ1v) is 8.13. The Labute approximate surface area is 124 Å². The lowest BCUT2D eigenvalue weighted by Gasteiger charge is -2.37. The monoisotopic (exact) mass is 274 g/mol. The molecular weight excluding hydrogens is 244 g/mol.